The summed E-state index contributed by atoms with van der Waals surface area (Å²) in [7, 11) is 0. The van der Waals surface area contributed by atoms with E-state index in [0.29, 0.717) is 13.1 Å². The normalized spacial score (nSPS) is 22.8. The lowest BCUT2D eigenvalue weighted by atomic mass is 9.74. The van der Waals surface area contributed by atoms with Crippen molar-refractivity contribution in [3.05, 3.63) is 0 Å². The third-order valence-electron chi connectivity index (χ3n) is 2.91. The SMILES string of the molecule is O=C(CN1CC2(CNC2)C1)OC(=O)C(F)(F)F. The van der Waals surface area contributed by atoms with Crippen molar-refractivity contribution in [2.75, 3.05) is 32.7 Å². The average Bonchev–Trinajstić information content (AvgIpc) is 2.05. The minimum Gasteiger partial charge on any atom is -0.385 e. The van der Waals surface area contributed by atoms with E-state index in [1.807, 2.05) is 0 Å². The van der Waals surface area contributed by atoms with E-state index in [4.69, 9.17) is 0 Å². The van der Waals surface area contributed by atoms with Gasteiger partial charge in [-0.1, -0.05) is 0 Å². The number of carbonyl (C=O) groups is 2. The molecule has 1 N–H and O–H groups in total. The summed E-state index contributed by atoms with van der Waals surface area (Å²) >= 11 is 0. The molecule has 0 atom stereocenters. The van der Waals surface area contributed by atoms with Crippen LogP contribution in [0.3, 0.4) is 0 Å². The molecule has 2 fully saturated rings. The van der Waals surface area contributed by atoms with Crippen LogP contribution in [-0.2, 0) is 14.3 Å². The van der Waals surface area contributed by atoms with Gasteiger partial charge >= 0.3 is 18.1 Å². The number of alkyl halides is 3. The van der Waals surface area contributed by atoms with Crippen molar-refractivity contribution in [3.63, 3.8) is 0 Å². The Balaban J connectivity index is 1.70. The van der Waals surface area contributed by atoms with Gasteiger partial charge in [-0.05, 0) is 0 Å². The van der Waals surface area contributed by atoms with Gasteiger partial charge < -0.3 is 10.1 Å². The molecule has 0 aromatic rings. The van der Waals surface area contributed by atoms with E-state index < -0.39 is 18.1 Å². The van der Waals surface area contributed by atoms with Crippen LogP contribution < -0.4 is 5.32 Å². The first-order valence-electron chi connectivity index (χ1n) is 5.06. The van der Waals surface area contributed by atoms with Gasteiger partial charge in [-0.3, -0.25) is 9.69 Å². The molecule has 0 saturated carbocycles. The number of hydrogen-bond acceptors (Lipinski definition) is 5. The van der Waals surface area contributed by atoms with E-state index in [0.717, 1.165) is 13.1 Å². The van der Waals surface area contributed by atoms with Gasteiger partial charge in [0, 0.05) is 31.6 Å². The molecule has 2 rings (SSSR count). The Kier molecular flexibility index (Phi) is 2.86. The molecule has 2 saturated heterocycles. The molecule has 2 aliphatic rings. The van der Waals surface area contributed by atoms with Gasteiger partial charge in [-0.15, -0.1) is 0 Å². The first-order valence-corrected chi connectivity index (χ1v) is 5.06. The Morgan fingerprint density at radius 2 is 1.88 bits per heavy atom. The highest BCUT2D eigenvalue weighted by Gasteiger charge is 2.48. The number of hydrogen-bond donors (Lipinski definition) is 1. The zero-order valence-electron chi connectivity index (χ0n) is 8.84. The van der Waals surface area contributed by atoms with Crippen LogP contribution >= 0.6 is 0 Å². The smallest absolute Gasteiger partial charge is 0.385 e. The van der Waals surface area contributed by atoms with Crippen molar-refractivity contribution in [1.29, 1.82) is 0 Å². The van der Waals surface area contributed by atoms with Crippen molar-refractivity contribution in [3.8, 4) is 0 Å². The van der Waals surface area contributed by atoms with Gasteiger partial charge in [-0.2, -0.15) is 13.2 Å². The van der Waals surface area contributed by atoms with Crippen molar-refractivity contribution in [1.82, 2.24) is 10.2 Å². The highest BCUT2D eigenvalue weighted by molar-refractivity contribution is 5.89. The molecule has 96 valence electrons. The van der Waals surface area contributed by atoms with E-state index >= 15 is 0 Å². The second-order valence-electron chi connectivity index (χ2n) is 4.51. The van der Waals surface area contributed by atoms with Crippen LogP contribution in [0.5, 0.6) is 0 Å². The molecule has 8 heteroatoms. The van der Waals surface area contributed by atoms with Gasteiger partial charge in [0.2, 0.25) is 0 Å². The number of ether oxygens (including phenoxy) is 1. The number of likely N-dealkylation sites (tertiary alicyclic amines) is 1. The molecule has 2 aliphatic heterocycles. The Morgan fingerprint density at radius 3 is 2.29 bits per heavy atom. The molecular formula is C9H11F3N2O3. The predicted molar refractivity (Wildman–Crippen MR) is 48.9 cm³/mol. The minimum atomic E-state index is -5.12. The summed E-state index contributed by atoms with van der Waals surface area (Å²) in [6, 6.07) is 0. The zero-order valence-corrected chi connectivity index (χ0v) is 8.84. The van der Waals surface area contributed by atoms with Crippen molar-refractivity contribution in [2.45, 2.75) is 6.18 Å². The van der Waals surface area contributed by atoms with Gasteiger partial charge in [0.05, 0.1) is 6.54 Å². The lowest BCUT2D eigenvalue weighted by Gasteiger charge is -2.55. The Morgan fingerprint density at radius 1 is 1.29 bits per heavy atom. The molecule has 5 nitrogen and oxygen atoms in total. The topological polar surface area (TPSA) is 58.6 Å². The molecule has 0 bridgehead atoms. The second-order valence-corrected chi connectivity index (χ2v) is 4.51. The van der Waals surface area contributed by atoms with E-state index in [9.17, 15) is 22.8 Å². The first kappa shape index (κ1) is 12.3. The Hall–Kier alpha value is -1.15. The lowest BCUT2D eigenvalue weighted by Crippen LogP contribution is -2.71. The summed E-state index contributed by atoms with van der Waals surface area (Å²) in [5.41, 5.74) is 0.175. The molecular weight excluding hydrogens is 241 g/mol. The van der Waals surface area contributed by atoms with Gasteiger partial charge in [-0.25, -0.2) is 4.79 Å². The number of esters is 2. The van der Waals surface area contributed by atoms with Gasteiger partial charge in [0.1, 0.15) is 0 Å². The summed E-state index contributed by atoms with van der Waals surface area (Å²) in [6.45, 7) is 2.74. The lowest BCUT2D eigenvalue weighted by molar-refractivity contribution is -0.202. The first-order chi connectivity index (χ1) is 7.81. The van der Waals surface area contributed by atoms with Gasteiger partial charge in [0.25, 0.3) is 0 Å². The van der Waals surface area contributed by atoms with Crippen LogP contribution in [0.1, 0.15) is 0 Å². The number of carbonyl (C=O) groups excluding carboxylic acids is 2. The minimum absolute atomic E-state index is 0.175. The number of nitrogens with zero attached hydrogens (tertiary/aromatic N) is 1. The van der Waals surface area contributed by atoms with Crippen LogP contribution in [0.2, 0.25) is 0 Å². The molecule has 17 heavy (non-hydrogen) atoms. The van der Waals surface area contributed by atoms with Crippen LogP contribution in [-0.4, -0.2) is 55.7 Å². The standard InChI is InChI=1S/C9H11F3N2O3/c10-9(11,12)7(16)17-6(15)1-14-4-8(5-14)2-13-3-8/h13H,1-5H2. The molecule has 0 aromatic carbocycles. The monoisotopic (exact) mass is 252 g/mol. The number of rotatable bonds is 2. The Labute approximate surface area is 94.9 Å². The fourth-order valence-electron chi connectivity index (χ4n) is 2.09. The fourth-order valence-corrected chi connectivity index (χ4v) is 2.09. The third-order valence-corrected chi connectivity index (χ3v) is 2.91. The molecule has 0 amide bonds. The van der Waals surface area contributed by atoms with Crippen molar-refractivity contribution in [2.24, 2.45) is 5.41 Å². The molecule has 1 spiro atoms. The number of halogens is 3. The maximum Gasteiger partial charge on any atom is 0.491 e. The highest BCUT2D eigenvalue weighted by Crippen LogP contribution is 2.33. The zero-order chi connectivity index (χ0) is 12.7. The van der Waals surface area contributed by atoms with E-state index in [2.05, 4.69) is 10.1 Å². The maximum absolute atomic E-state index is 11.8. The van der Waals surface area contributed by atoms with Gasteiger partial charge in [0.15, 0.2) is 0 Å². The van der Waals surface area contributed by atoms with Crippen LogP contribution in [0.4, 0.5) is 13.2 Å². The van der Waals surface area contributed by atoms with Crippen molar-refractivity contribution >= 4 is 11.9 Å². The summed E-state index contributed by atoms with van der Waals surface area (Å²) < 4.78 is 39.0. The van der Waals surface area contributed by atoms with E-state index in [1.165, 1.54) is 0 Å². The van der Waals surface area contributed by atoms with Crippen molar-refractivity contribution < 1.29 is 27.5 Å². The van der Waals surface area contributed by atoms with E-state index in [1.54, 1.807) is 4.90 Å². The molecule has 2 heterocycles. The van der Waals surface area contributed by atoms with Crippen LogP contribution in [0.15, 0.2) is 0 Å². The third kappa shape index (κ3) is 2.58. The highest BCUT2D eigenvalue weighted by atomic mass is 19.4. The predicted octanol–water partition coefficient (Wildman–Crippen LogP) is -0.476. The molecule has 0 unspecified atom stereocenters. The molecule has 0 radical (unpaired) electrons. The largest absolute Gasteiger partial charge is 0.491 e. The van der Waals surface area contributed by atoms with Crippen LogP contribution in [0, 0.1) is 5.41 Å². The maximum atomic E-state index is 11.8. The molecule has 0 aliphatic carbocycles. The summed E-state index contributed by atoms with van der Waals surface area (Å²) in [5.74, 6) is -3.61. The summed E-state index contributed by atoms with van der Waals surface area (Å²) in [6.07, 6.45) is -5.12. The van der Waals surface area contributed by atoms with Crippen LogP contribution in [0.25, 0.3) is 0 Å². The Bertz CT molecular complexity index is 344. The average molecular weight is 252 g/mol. The quantitative estimate of drug-likeness (QED) is 0.531. The summed E-state index contributed by atoms with van der Waals surface area (Å²) in [4.78, 5) is 23.0. The molecule has 0 aromatic heterocycles. The summed E-state index contributed by atoms with van der Waals surface area (Å²) in [5, 5.41) is 3.08. The fraction of sp³-hybridized carbons (Fsp3) is 0.778. The van der Waals surface area contributed by atoms with E-state index in [-0.39, 0.29) is 12.0 Å². The number of nitrogens with one attached hydrogen (secondary N) is 1. The second kappa shape index (κ2) is 3.95.